The van der Waals surface area contributed by atoms with Crippen LogP contribution in [0, 0.1) is 0 Å². The van der Waals surface area contributed by atoms with Gasteiger partial charge in [0.05, 0.1) is 10.2 Å². The molecule has 0 bridgehead atoms. The van der Waals surface area contributed by atoms with E-state index >= 15 is 0 Å². The average molecular weight is 300 g/mol. The fourth-order valence-electron chi connectivity index (χ4n) is 1.96. The minimum absolute atomic E-state index is 0.156. The van der Waals surface area contributed by atoms with E-state index in [-0.39, 0.29) is 6.61 Å². The van der Waals surface area contributed by atoms with Gasteiger partial charge in [-0.3, -0.25) is 0 Å². The molecule has 0 radical (unpaired) electrons. The van der Waals surface area contributed by atoms with Crippen LogP contribution in [-0.4, -0.2) is 28.2 Å². The third kappa shape index (κ3) is 3.29. The molecule has 6 heteroatoms. The molecule has 5 nitrogen and oxygen atoms in total. The van der Waals surface area contributed by atoms with Crippen molar-refractivity contribution < 1.29 is 5.11 Å². The lowest BCUT2D eigenvalue weighted by atomic mass is 10.3. The van der Waals surface area contributed by atoms with Gasteiger partial charge in [0.15, 0.2) is 5.82 Å². The van der Waals surface area contributed by atoms with Crippen molar-refractivity contribution >= 4 is 39.0 Å². The molecule has 2 heterocycles. The van der Waals surface area contributed by atoms with Gasteiger partial charge in [-0.15, -0.1) is 11.3 Å². The van der Waals surface area contributed by atoms with Crippen LogP contribution in [0.1, 0.15) is 6.42 Å². The highest BCUT2D eigenvalue weighted by molar-refractivity contribution is 7.17. The zero-order valence-electron chi connectivity index (χ0n) is 11.4. The van der Waals surface area contributed by atoms with E-state index < -0.39 is 0 Å². The van der Waals surface area contributed by atoms with E-state index in [1.54, 1.807) is 11.3 Å². The molecule has 0 atom stereocenters. The summed E-state index contributed by atoms with van der Waals surface area (Å²) in [6.45, 7) is 0.805. The Morgan fingerprint density at radius 3 is 2.76 bits per heavy atom. The van der Waals surface area contributed by atoms with Crippen molar-refractivity contribution in [2.45, 2.75) is 6.42 Å². The van der Waals surface area contributed by atoms with E-state index in [4.69, 9.17) is 5.11 Å². The van der Waals surface area contributed by atoms with Gasteiger partial charge in [0.25, 0.3) is 0 Å². The Hall–Kier alpha value is -2.18. The highest BCUT2D eigenvalue weighted by Gasteiger charge is 2.09. The van der Waals surface area contributed by atoms with Crippen LogP contribution < -0.4 is 10.6 Å². The average Bonchev–Trinajstić information content (AvgIpc) is 2.97. The smallest absolute Gasteiger partial charge is 0.225 e. The van der Waals surface area contributed by atoms with Crippen molar-refractivity contribution in [3.05, 3.63) is 41.8 Å². The van der Waals surface area contributed by atoms with Crippen molar-refractivity contribution in [3.63, 3.8) is 0 Å². The van der Waals surface area contributed by atoms with Gasteiger partial charge >= 0.3 is 0 Å². The normalized spacial score (nSPS) is 10.7. The molecule has 2 aromatic heterocycles. The van der Waals surface area contributed by atoms with Crippen LogP contribution in [-0.2, 0) is 0 Å². The summed E-state index contributed by atoms with van der Waals surface area (Å²) in [6.07, 6.45) is 0.673. The van der Waals surface area contributed by atoms with Crippen LogP contribution in [0.15, 0.2) is 41.8 Å². The van der Waals surface area contributed by atoms with Crippen LogP contribution in [0.3, 0.4) is 0 Å². The second-order valence-corrected chi connectivity index (χ2v) is 5.44. The number of nitrogens with zero attached hydrogens (tertiary/aromatic N) is 2. The summed E-state index contributed by atoms with van der Waals surface area (Å²) in [4.78, 5) is 9.01. The van der Waals surface area contributed by atoms with Crippen molar-refractivity contribution in [1.82, 2.24) is 9.97 Å². The fourth-order valence-corrected chi connectivity index (χ4v) is 2.74. The lowest BCUT2D eigenvalue weighted by Crippen LogP contribution is -2.08. The predicted molar refractivity (Wildman–Crippen MR) is 87.3 cm³/mol. The van der Waals surface area contributed by atoms with E-state index in [9.17, 15) is 0 Å². The third-order valence-electron chi connectivity index (χ3n) is 2.96. The minimum Gasteiger partial charge on any atom is -0.396 e. The van der Waals surface area contributed by atoms with E-state index in [0.717, 1.165) is 21.7 Å². The van der Waals surface area contributed by atoms with E-state index in [2.05, 4.69) is 20.6 Å². The largest absolute Gasteiger partial charge is 0.396 e. The Balaban J connectivity index is 1.90. The van der Waals surface area contributed by atoms with Gasteiger partial charge in [0.1, 0.15) is 0 Å². The summed E-state index contributed by atoms with van der Waals surface area (Å²) >= 11 is 1.61. The molecule has 0 fully saturated rings. The molecule has 0 saturated carbocycles. The molecule has 3 rings (SSSR count). The fraction of sp³-hybridized carbons (Fsp3) is 0.200. The zero-order chi connectivity index (χ0) is 14.5. The summed E-state index contributed by atoms with van der Waals surface area (Å²) in [6, 6.07) is 11.9. The zero-order valence-corrected chi connectivity index (χ0v) is 12.2. The predicted octanol–water partition coefficient (Wildman–Crippen LogP) is 3.23. The third-order valence-corrected chi connectivity index (χ3v) is 3.87. The number of fused-ring (bicyclic) bond motifs is 1. The standard InChI is InChI=1S/C15H16N4OS/c20-9-4-8-16-15-18-12-7-10-21-13(12)14(19-15)17-11-5-2-1-3-6-11/h1-3,5-7,10,20H,4,8-9H2,(H2,16,17,18,19). The van der Waals surface area contributed by atoms with Gasteiger partial charge in [0.2, 0.25) is 5.95 Å². The van der Waals surface area contributed by atoms with Gasteiger partial charge in [-0.05, 0) is 30.0 Å². The monoisotopic (exact) mass is 300 g/mol. The molecule has 3 N–H and O–H groups in total. The molecule has 0 spiro atoms. The van der Waals surface area contributed by atoms with Crippen molar-refractivity contribution in [2.24, 2.45) is 0 Å². The Labute approximate surface area is 126 Å². The first-order chi connectivity index (χ1) is 10.4. The SMILES string of the molecule is OCCCNc1nc(Nc2ccccc2)c2sccc2n1. The maximum atomic E-state index is 8.84. The maximum Gasteiger partial charge on any atom is 0.225 e. The first-order valence-electron chi connectivity index (χ1n) is 6.79. The number of thiophene rings is 1. The molecule has 1 aromatic carbocycles. The lowest BCUT2D eigenvalue weighted by molar-refractivity contribution is 0.292. The summed E-state index contributed by atoms with van der Waals surface area (Å²) < 4.78 is 1.03. The Morgan fingerprint density at radius 1 is 1.10 bits per heavy atom. The second kappa shape index (κ2) is 6.51. The molecule has 3 aromatic rings. The Bertz CT molecular complexity index is 714. The number of aliphatic hydroxyl groups is 1. The number of aliphatic hydroxyl groups excluding tert-OH is 1. The number of aromatic nitrogens is 2. The van der Waals surface area contributed by atoms with Crippen LogP contribution in [0.5, 0.6) is 0 Å². The van der Waals surface area contributed by atoms with Crippen LogP contribution in [0.2, 0.25) is 0 Å². The number of hydrogen-bond acceptors (Lipinski definition) is 6. The molecule has 0 aliphatic carbocycles. The first kappa shape index (κ1) is 13.8. The van der Waals surface area contributed by atoms with Crippen LogP contribution >= 0.6 is 11.3 Å². The quantitative estimate of drug-likeness (QED) is 0.610. The number of benzene rings is 1. The van der Waals surface area contributed by atoms with Crippen molar-refractivity contribution in [2.75, 3.05) is 23.8 Å². The summed E-state index contributed by atoms with van der Waals surface area (Å²) in [5.74, 6) is 1.38. The Morgan fingerprint density at radius 2 is 1.95 bits per heavy atom. The second-order valence-electron chi connectivity index (χ2n) is 4.53. The molecule has 0 aliphatic heterocycles. The molecular weight excluding hydrogens is 284 g/mol. The van der Waals surface area contributed by atoms with Gasteiger partial charge in [0, 0.05) is 18.8 Å². The minimum atomic E-state index is 0.156. The molecule has 0 unspecified atom stereocenters. The van der Waals surface area contributed by atoms with Gasteiger partial charge < -0.3 is 15.7 Å². The van der Waals surface area contributed by atoms with Crippen LogP contribution in [0.4, 0.5) is 17.5 Å². The summed E-state index contributed by atoms with van der Waals surface area (Å²) in [7, 11) is 0. The first-order valence-corrected chi connectivity index (χ1v) is 7.67. The molecule has 0 amide bonds. The molecular formula is C15H16N4OS. The number of para-hydroxylation sites is 1. The van der Waals surface area contributed by atoms with E-state index in [1.807, 2.05) is 41.8 Å². The van der Waals surface area contributed by atoms with Crippen LogP contribution in [0.25, 0.3) is 10.2 Å². The van der Waals surface area contributed by atoms with Gasteiger partial charge in [-0.25, -0.2) is 4.98 Å². The lowest BCUT2D eigenvalue weighted by Gasteiger charge is -2.09. The topological polar surface area (TPSA) is 70.1 Å². The van der Waals surface area contributed by atoms with Gasteiger partial charge in [-0.1, -0.05) is 18.2 Å². The summed E-state index contributed by atoms with van der Waals surface area (Å²) in [5.41, 5.74) is 1.91. The van der Waals surface area contributed by atoms with Gasteiger partial charge in [-0.2, -0.15) is 4.98 Å². The Kier molecular flexibility index (Phi) is 4.28. The molecule has 0 saturated heterocycles. The molecule has 0 aliphatic rings. The van der Waals surface area contributed by atoms with E-state index in [0.29, 0.717) is 18.9 Å². The van der Waals surface area contributed by atoms with Crippen molar-refractivity contribution in [1.29, 1.82) is 0 Å². The highest BCUT2D eigenvalue weighted by Crippen LogP contribution is 2.29. The number of rotatable bonds is 6. The number of nitrogens with one attached hydrogen (secondary N) is 2. The molecule has 21 heavy (non-hydrogen) atoms. The number of anilines is 3. The summed E-state index contributed by atoms with van der Waals surface area (Å²) in [5, 5.41) is 17.3. The highest BCUT2D eigenvalue weighted by atomic mass is 32.1. The maximum absolute atomic E-state index is 8.84. The molecule has 108 valence electrons. The van der Waals surface area contributed by atoms with E-state index in [1.165, 1.54) is 0 Å². The number of hydrogen-bond donors (Lipinski definition) is 3. The van der Waals surface area contributed by atoms with Crippen molar-refractivity contribution in [3.8, 4) is 0 Å².